The molecule has 3 heterocycles. The number of nitrogens with zero attached hydrogens (tertiary/aromatic N) is 2. The van der Waals surface area contributed by atoms with Crippen molar-refractivity contribution in [3.8, 4) is 22.5 Å². The number of hydrogen-bond donors (Lipinski definition) is 0. The standard InChI is InChI=1S/C39H38NO.C16H18N.Ir/c1-25-24-40-34(23-33(25)27-15-17-39(18-16-27)21-19-38(2,3)20-22-39)32-10-6-9-30-31-14-13-28-12-11-26-7-4-5-8-29(26)35(28)37(31)41-36(30)32;1-12-5-7-13(8-6-12)15-10-9-14(11-17-15)16(2,3)4;/h4-9,11-14,23-24,27H,15-22H2,1-3H3;5-7,9-11H,1-4H3;/q2*-1;/i1D3,27D;1D3;. The average molecular weight is 960 g/mol. The van der Waals surface area contributed by atoms with E-state index in [-0.39, 0.29) is 36.5 Å². The molecule has 2 fully saturated rings. The average Bonchev–Trinajstić information content (AvgIpc) is 3.67. The minimum absolute atomic E-state index is 0. The van der Waals surface area contributed by atoms with Crippen LogP contribution in [0.2, 0.25) is 0 Å². The normalized spacial score (nSPS) is 19.3. The Labute approximate surface area is 374 Å². The maximum absolute atomic E-state index is 9.73. The minimum atomic E-state index is -2.35. The molecule has 2 aliphatic carbocycles. The van der Waals surface area contributed by atoms with Crippen molar-refractivity contribution in [1.82, 2.24) is 9.97 Å². The molecule has 8 aromatic rings. The van der Waals surface area contributed by atoms with Crippen molar-refractivity contribution >= 4 is 43.5 Å². The molecular formula is C55H56IrN2O-2. The quantitative estimate of drug-likeness (QED) is 0.131. The summed E-state index contributed by atoms with van der Waals surface area (Å²) >= 11 is 0. The monoisotopic (exact) mass is 960 g/mol. The van der Waals surface area contributed by atoms with Gasteiger partial charge in [0, 0.05) is 52.9 Å². The summed E-state index contributed by atoms with van der Waals surface area (Å²) in [4.78, 5) is 9.13. The van der Waals surface area contributed by atoms with Gasteiger partial charge in [0.15, 0.2) is 0 Å². The Hall–Kier alpha value is -4.63. The summed E-state index contributed by atoms with van der Waals surface area (Å²) in [6, 6.07) is 37.9. The second kappa shape index (κ2) is 16.1. The predicted molar refractivity (Wildman–Crippen MR) is 243 cm³/mol. The SMILES string of the molecule is [2H]C([2H])([2H])c1c[c-]c(-c2ccc(C(C)(C)C)cn2)cc1.[2H]C([2H])([2H])c1cnc(-c2[c-]ccc3c2oc2c3ccc3ccc4ccccc4c32)cc1C1([2H])CCC2(CCC(C)(C)CC2)CC1.[Ir]. The van der Waals surface area contributed by atoms with Gasteiger partial charge in [-0.3, -0.25) is 0 Å². The molecule has 0 N–H and O–H groups in total. The van der Waals surface area contributed by atoms with Crippen LogP contribution in [0.15, 0.2) is 114 Å². The van der Waals surface area contributed by atoms with Gasteiger partial charge < -0.3 is 14.4 Å². The number of aryl methyl sites for hydroxylation is 2. The summed E-state index contributed by atoms with van der Waals surface area (Å²) < 4.78 is 63.6. The van der Waals surface area contributed by atoms with E-state index in [1.165, 1.54) is 43.5 Å². The van der Waals surface area contributed by atoms with Crippen molar-refractivity contribution in [1.29, 1.82) is 0 Å². The summed E-state index contributed by atoms with van der Waals surface area (Å²) in [5.41, 5.74) is 7.39. The summed E-state index contributed by atoms with van der Waals surface area (Å²) in [5.74, 6) is -0.976. The number of hydrogen-bond acceptors (Lipinski definition) is 3. The third kappa shape index (κ3) is 8.16. The summed E-state index contributed by atoms with van der Waals surface area (Å²) in [6.45, 7) is 6.71. The minimum Gasteiger partial charge on any atom is -0.500 e. The first-order valence-electron chi connectivity index (χ1n) is 24.3. The molecule has 5 aromatic carbocycles. The molecule has 0 unspecified atom stereocenters. The Morgan fingerprint density at radius 3 is 2.19 bits per heavy atom. The summed E-state index contributed by atoms with van der Waals surface area (Å²) in [6.07, 6.45) is 11.5. The molecule has 0 bridgehead atoms. The number of aromatic nitrogens is 2. The summed E-state index contributed by atoms with van der Waals surface area (Å²) in [7, 11) is 0. The van der Waals surface area contributed by atoms with Gasteiger partial charge in [-0.05, 0) is 125 Å². The van der Waals surface area contributed by atoms with E-state index in [4.69, 9.17) is 17.6 Å². The number of rotatable bonds is 3. The van der Waals surface area contributed by atoms with Gasteiger partial charge in [0.2, 0.25) is 0 Å². The van der Waals surface area contributed by atoms with Gasteiger partial charge in [-0.2, -0.15) is 0 Å². The molecule has 4 heteroatoms. The van der Waals surface area contributed by atoms with Crippen LogP contribution in [0.5, 0.6) is 0 Å². The fourth-order valence-corrected chi connectivity index (χ4v) is 9.25. The smallest absolute Gasteiger partial charge is 0.129 e. The molecule has 0 saturated heterocycles. The number of fused-ring (bicyclic) bond motifs is 7. The molecule has 0 aliphatic heterocycles. The van der Waals surface area contributed by atoms with Gasteiger partial charge in [-0.15, -0.1) is 53.6 Å². The van der Waals surface area contributed by atoms with E-state index in [2.05, 4.69) is 94.2 Å². The van der Waals surface area contributed by atoms with Crippen LogP contribution < -0.4 is 0 Å². The van der Waals surface area contributed by atoms with Crippen LogP contribution in [0.4, 0.5) is 0 Å². The van der Waals surface area contributed by atoms with Crippen LogP contribution in [0.1, 0.15) is 124 Å². The third-order valence-corrected chi connectivity index (χ3v) is 13.1. The van der Waals surface area contributed by atoms with E-state index in [1.807, 2.05) is 42.6 Å². The molecule has 0 atom stereocenters. The van der Waals surface area contributed by atoms with Crippen molar-refractivity contribution in [3.63, 3.8) is 0 Å². The van der Waals surface area contributed by atoms with Gasteiger partial charge in [-0.25, -0.2) is 0 Å². The molecule has 2 aliphatic rings. The molecule has 2 saturated carbocycles. The van der Waals surface area contributed by atoms with Crippen molar-refractivity contribution in [2.75, 3.05) is 0 Å². The fraction of sp³-hybridized carbons (Fsp3) is 0.345. The van der Waals surface area contributed by atoms with Crippen molar-refractivity contribution < 1.29 is 34.1 Å². The van der Waals surface area contributed by atoms with Crippen LogP contribution >= 0.6 is 0 Å². The van der Waals surface area contributed by atoms with E-state index in [1.54, 1.807) is 12.1 Å². The maximum atomic E-state index is 9.73. The number of benzene rings is 5. The topological polar surface area (TPSA) is 38.9 Å². The first-order valence-corrected chi connectivity index (χ1v) is 20.8. The van der Waals surface area contributed by atoms with Crippen LogP contribution in [-0.2, 0) is 25.5 Å². The van der Waals surface area contributed by atoms with Crippen molar-refractivity contribution in [2.45, 2.75) is 111 Å². The zero-order valence-corrected chi connectivity index (χ0v) is 37.1. The van der Waals surface area contributed by atoms with Crippen molar-refractivity contribution in [3.05, 3.63) is 144 Å². The molecule has 3 aromatic heterocycles. The maximum Gasteiger partial charge on any atom is 0.129 e. The Kier molecular flexibility index (Phi) is 9.04. The van der Waals surface area contributed by atoms with Crippen LogP contribution in [0.25, 0.3) is 66.0 Å². The van der Waals surface area contributed by atoms with Gasteiger partial charge >= 0.3 is 0 Å². The second-order valence-electron chi connectivity index (χ2n) is 18.6. The van der Waals surface area contributed by atoms with Crippen LogP contribution in [0.3, 0.4) is 0 Å². The molecule has 1 radical (unpaired) electrons. The van der Waals surface area contributed by atoms with Crippen LogP contribution in [-0.4, -0.2) is 9.97 Å². The predicted octanol–water partition coefficient (Wildman–Crippen LogP) is 15.5. The van der Waals surface area contributed by atoms with E-state index in [0.717, 1.165) is 62.0 Å². The van der Waals surface area contributed by atoms with E-state index in [0.29, 0.717) is 46.2 Å². The first kappa shape index (κ1) is 33.1. The summed E-state index contributed by atoms with van der Waals surface area (Å²) in [5, 5.41) is 6.47. The first-order chi connectivity index (χ1) is 30.6. The molecule has 1 spiro atoms. The van der Waals surface area contributed by atoms with E-state index < -0.39 is 19.6 Å². The van der Waals surface area contributed by atoms with Gasteiger partial charge in [0.25, 0.3) is 0 Å². The molecule has 303 valence electrons. The van der Waals surface area contributed by atoms with E-state index >= 15 is 0 Å². The second-order valence-corrected chi connectivity index (χ2v) is 18.6. The zero-order chi connectivity index (χ0) is 46.2. The Bertz CT molecular complexity index is 2980. The Balaban J connectivity index is 0.000000238. The molecule has 3 nitrogen and oxygen atoms in total. The largest absolute Gasteiger partial charge is 0.500 e. The Morgan fingerprint density at radius 1 is 0.729 bits per heavy atom. The van der Waals surface area contributed by atoms with Gasteiger partial charge in [0.1, 0.15) is 5.58 Å². The molecule has 10 rings (SSSR count). The van der Waals surface area contributed by atoms with Crippen molar-refractivity contribution in [2.24, 2.45) is 10.8 Å². The number of pyridine rings is 2. The zero-order valence-electron chi connectivity index (χ0n) is 41.7. The molecular weight excluding hydrogens is 897 g/mol. The van der Waals surface area contributed by atoms with Gasteiger partial charge in [-0.1, -0.05) is 119 Å². The third-order valence-electron chi connectivity index (χ3n) is 13.1. The van der Waals surface area contributed by atoms with Gasteiger partial charge in [0.05, 0.1) is 5.58 Å². The number of furan rings is 1. The molecule has 0 amide bonds. The van der Waals surface area contributed by atoms with E-state index in [9.17, 15) is 1.37 Å². The molecule has 59 heavy (non-hydrogen) atoms. The fourth-order valence-electron chi connectivity index (χ4n) is 9.25. The Morgan fingerprint density at radius 2 is 1.47 bits per heavy atom. The van der Waals surface area contributed by atoms with Crippen LogP contribution in [0, 0.1) is 36.7 Å².